The van der Waals surface area contributed by atoms with Crippen molar-refractivity contribution in [1.29, 1.82) is 0 Å². The minimum atomic E-state index is -0.402. The maximum atomic E-state index is 13.1. The van der Waals surface area contributed by atoms with E-state index in [0.717, 1.165) is 16.8 Å². The average molecular weight is 491 g/mol. The van der Waals surface area contributed by atoms with Crippen LogP contribution in [0, 0.1) is 0 Å². The van der Waals surface area contributed by atoms with Gasteiger partial charge in [-0.3, -0.25) is 19.2 Å². The molecule has 0 aliphatic carbocycles. The average Bonchev–Trinajstić information content (AvgIpc) is 2.91. The molecule has 1 aliphatic rings. The SMILES string of the molecule is CC.CCN(C)C(C)=O.CN(CN)C(=O)c1cccc(N2C(=O)c3cccc4cccc(c34)C2=O)c1. The van der Waals surface area contributed by atoms with Crippen LogP contribution in [-0.2, 0) is 4.79 Å². The number of nitrogens with two attached hydrogens (primary N) is 1. The van der Waals surface area contributed by atoms with Crippen LogP contribution in [0.15, 0.2) is 60.7 Å². The normalized spacial score (nSPS) is 11.7. The molecule has 0 fully saturated rings. The molecule has 0 unspecified atom stereocenters. The first kappa shape index (κ1) is 28.2. The first-order chi connectivity index (χ1) is 17.2. The summed E-state index contributed by atoms with van der Waals surface area (Å²) in [4.78, 5) is 53.0. The quantitative estimate of drug-likeness (QED) is 0.437. The lowest BCUT2D eigenvalue weighted by Crippen LogP contribution is -2.40. The number of benzene rings is 3. The van der Waals surface area contributed by atoms with Crippen molar-refractivity contribution in [2.45, 2.75) is 27.7 Å². The third kappa shape index (κ3) is 5.78. The van der Waals surface area contributed by atoms with Crippen molar-refractivity contribution < 1.29 is 19.2 Å². The van der Waals surface area contributed by atoms with Crippen molar-refractivity contribution in [2.75, 3.05) is 32.2 Å². The Morgan fingerprint density at radius 2 is 1.39 bits per heavy atom. The zero-order valence-electron chi connectivity index (χ0n) is 21.7. The lowest BCUT2D eigenvalue weighted by atomic mass is 9.93. The van der Waals surface area contributed by atoms with Crippen molar-refractivity contribution in [2.24, 2.45) is 5.73 Å². The molecule has 190 valence electrons. The van der Waals surface area contributed by atoms with Gasteiger partial charge in [-0.25, -0.2) is 4.90 Å². The number of carbonyl (C=O) groups is 4. The first-order valence-electron chi connectivity index (χ1n) is 11.9. The van der Waals surface area contributed by atoms with Crippen LogP contribution in [0.5, 0.6) is 0 Å². The first-order valence-corrected chi connectivity index (χ1v) is 11.9. The summed E-state index contributed by atoms with van der Waals surface area (Å²) in [5.74, 6) is -0.955. The Bertz CT molecular complexity index is 1220. The van der Waals surface area contributed by atoms with Gasteiger partial charge in [0.05, 0.1) is 12.4 Å². The van der Waals surface area contributed by atoms with Gasteiger partial charge in [0.25, 0.3) is 17.7 Å². The summed E-state index contributed by atoms with van der Waals surface area (Å²) < 4.78 is 0. The van der Waals surface area contributed by atoms with Crippen molar-refractivity contribution >= 4 is 40.1 Å². The molecule has 1 heterocycles. The molecule has 1 aliphatic heterocycles. The predicted molar refractivity (Wildman–Crippen MR) is 143 cm³/mol. The third-order valence-electron chi connectivity index (χ3n) is 5.76. The fourth-order valence-electron chi connectivity index (χ4n) is 3.57. The standard InChI is InChI=1S/C21H17N3O3.C5H11NO.C2H6/c1-23(12-22)19(25)14-7-2-8-15(11-14)24-20(26)16-9-3-5-13-6-4-10-17(18(13)16)21(24)27;1-4-6(3)5(2)7;1-2/h2-11H,12,22H2,1H3;4H2,1-3H3;1-2H3. The zero-order chi connectivity index (χ0) is 27.0. The van der Waals surface area contributed by atoms with Crippen LogP contribution >= 0.6 is 0 Å². The van der Waals surface area contributed by atoms with Gasteiger partial charge in [-0.15, -0.1) is 0 Å². The molecule has 0 aromatic heterocycles. The van der Waals surface area contributed by atoms with Crippen LogP contribution in [0.2, 0.25) is 0 Å². The summed E-state index contributed by atoms with van der Waals surface area (Å²) in [7, 11) is 3.37. The van der Waals surface area contributed by atoms with Gasteiger partial charge in [-0.2, -0.15) is 0 Å². The summed E-state index contributed by atoms with van der Waals surface area (Å²) in [5.41, 5.74) is 7.17. The van der Waals surface area contributed by atoms with E-state index in [-0.39, 0.29) is 18.5 Å². The smallest absolute Gasteiger partial charge is 0.265 e. The van der Waals surface area contributed by atoms with E-state index in [0.29, 0.717) is 27.8 Å². The summed E-state index contributed by atoms with van der Waals surface area (Å²) >= 11 is 0. The van der Waals surface area contributed by atoms with E-state index in [4.69, 9.17) is 5.73 Å². The van der Waals surface area contributed by atoms with Gasteiger partial charge in [0.15, 0.2) is 0 Å². The summed E-state index contributed by atoms with van der Waals surface area (Å²) in [6, 6.07) is 17.2. The number of anilines is 1. The molecule has 36 heavy (non-hydrogen) atoms. The highest BCUT2D eigenvalue weighted by molar-refractivity contribution is 6.35. The van der Waals surface area contributed by atoms with Gasteiger partial charge in [0, 0.05) is 49.6 Å². The van der Waals surface area contributed by atoms with E-state index >= 15 is 0 Å². The van der Waals surface area contributed by atoms with Gasteiger partial charge in [-0.1, -0.05) is 44.2 Å². The highest BCUT2D eigenvalue weighted by atomic mass is 16.2. The largest absolute Gasteiger partial charge is 0.346 e. The minimum Gasteiger partial charge on any atom is -0.346 e. The van der Waals surface area contributed by atoms with Crippen molar-refractivity contribution in [1.82, 2.24) is 9.80 Å². The van der Waals surface area contributed by atoms with Crippen molar-refractivity contribution in [3.05, 3.63) is 77.4 Å². The maximum Gasteiger partial charge on any atom is 0.265 e. The Hall–Kier alpha value is -4.04. The van der Waals surface area contributed by atoms with Crippen molar-refractivity contribution in [3.8, 4) is 0 Å². The van der Waals surface area contributed by atoms with E-state index < -0.39 is 11.8 Å². The molecule has 8 heteroatoms. The molecule has 0 spiro atoms. The van der Waals surface area contributed by atoms with E-state index in [2.05, 4.69) is 0 Å². The Balaban J connectivity index is 0.000000440. The minimum absolute atomic E-state index is 0.0695. The molecule has 3 aromatic rings. The van der Waals surface area contributed by atoms with Gasteiger partial charge in [0.1, 0.15) is 0 Å². The number of hydrogen-bond donors (Lipinski definition) is 1. The summed E-state index contributed by atoms with van der Waals surface area (Å²) in [6.07, 6.45) is 0. The second-order valence-corrected chi connectivity index (χ2v) is 7.92. The van der Waals surface area contributed by atoms with Crippen LogP contribution in [0.3, 0.4) is 0 Å². The number of hydrogen-bond acceptors (Lipinski definition) is 5. The van der Waals surface area contributed by atoms with Crippen LogP contribution in [0.4, 0.5) is 5.69 Å². The molecule has 3 aromatic carbocycles. The molecule has 2 N–H and O–H groups in total. The monoisotopic (exact) mass is 490 g/mol. The molecule has 0 atom stereocenters. The van der Waals surface area contributed by atoms with Crippen LogP contribution in [0.25, 0.3) is 10.8 Å². The molecular weight excluding hydrogens is 456 g/mol. The third-order valence-corrected chi connectivity index (χ3v) is 5.76. The van der Waals surface area contributed by atoms with Gasteiger partial charge >= 0.3 is 0 Å². The second-order valence-electron chi connectivity index (χ2n) is 7.92. The van der Waals surface area contributed by atoms with E-state index in [1.165, 1.54) is 4.90 Å². The molecule has 0 saturated heterocycles. The number of imide groups is 1. The zero-order valence-corrected chi connectivity index (χ0v) is 21.7. The Kier molecular flexibility index (Phi) is 9.87. The van der Waals surface area contributed by atoms with Gasteiger partial charge in [-0.05, 0) is 42.6 Å². The fraction of sp³-hybridized carbons (Fsp3) is 0.286. The maximum absolute atomic E-state index is 13.1. The molecule has 0 radical (unpaired) electrons. The summed E-state index contributed by atoms with van der Waals surface area (Å²) in [5, 5.41) is 1.51. The van der Waals surface area contributed by atoms with Gasteiger partial charge < -0.3 is 15.5 Å². The van der Waals surface area contributed by atoms with Crippen LogP contribution in [0.1, 0.15) is 58.8 Å². The molecule has 8 nitrogen and oxygen atoms in total. The number of rotatable bonds is 4. The second kappa shape index (κ2) is 12.6. The molecular formula is C28H34N4O4. The van der Waals surface area contributed by atoms with Gasteiger partial charge in [0.2, 0.25) is 5.91 Å². The Morgan fingerprint density at radius 1 is 0.861 bits per heavy atom. The van der Waals surface area contributed by atoms with Crippen LogP contribution in [-0.4, -0.2) is 60.7 Å². The lowest BCUT2D eigenvalue weighted by Gasteiger charge is -2.27. The number of amides is 4. The molecule has 4 rings (SSSR count). The summed E-state index contributed by atoms with van der Waals surface area (Å²) in [6.45, 7) is 8.38. The van der Waals surface area contributed by atoms with E-state index in [9.17, 15) is 19.2 Å². The fourth-order valence-corrected chi connectivity index (χ4v) is 3.57. The van der Waals surface area contributed by atoms with Crippen molar-refractivity contribution in [3.63, 3.8) is 0 Å². The lowest BCUT2D eigenvalue weighted by molar-refractivity contribution is -0.127. The van der Waals surface area contributed by atoms with E-state index in [1.807, 2.05) is 32.9 Å². The topological polar surface area (TPSA) is 104 Å². The number of nitrogens with zero attached hydrogens (tertiary/aromatic N) is 3. The predicted octanol–water partition coefficient (Wildman–Crippen LogP) is 4.14. The highest BCUT2D eigenvalue weighted by Gasteiger charge is 2.34. The highest BCUT2D eigenvalue weighted by Crippen LogP contribution is 2.33. The molecule has 0 saturated carbocycles. The molecule has 0 bridgehead atoms. The Morgan fingerprint density at radius 3 is 1.83 bits per heavy atom. The van der Waals surface area contributed by atoms with E-state index in [1.54, 1.807) is 74.4 Å². The molecule has 4 amide bonds. The number of carbonyl (C=O) groups excluding carboxylic acids is 4. The Labute approximate surface area is 212 Å². The van der Waals surface area contributed by atoms with Crippen LogP contribution < -0.4 is 10.6 Å².